The monoisotopic (exact) mass is 532 g/mol. The first-order chi connectivity index (χ1) is 18.8. The van der Waals surface area contributed by atoms with Crippen molar-refractivity contribution in [3.8, 4) is 0 Å². The number of aromatic amines is 1. The van der Waals surface area contributed by atoms with Gasteiger partial charge in [0, 0.05) is 57.0 Å². The number of hydrazine groups is 1. The lowest BCUT2D eigenvalue weighted by molar-refractivity contribution is -0.129. The summed E-state index contributed by atoms with van der Waals surface area (Å²) in [7, 11) is 1.82. The maximum absolute atomic E-state index is 14.8. The number of likely N-dealkylation sites (tertiary alicyclic amines) is 1. The average Bonchev–Trinajstić information content (AvgIpc) is 3.60. The molecule has 39 heavy (non-hydrogen) atoms. The van der Waals surface area contributed by atoms with Gasteiger partial charge in [-0.25, -0.2) is 20.2 Å². The number of carbonyl (C=O) groups is 2. The third kappa shape index (κ3) is 4.43. The number of ketones is 1. The number of amides is 1. The highest BCUT2D eigenvalue weighted by atomic mass is 19.1. The maximum atomic E-state index is 14.8. The van der Waals surface area contributed by atoms with Crippen LogP contribution in [-0.2, 0) is 17.4 Å². The first-order valence-electron chi connectivity index (χ1n) is 12.4. The van der Waals surface area contributed by atoms with Crippen molar-refractivity contribution in [2.75, 3.05) is 18.1 Å². The van der Waals surface area contributed by atoms with Gasteiger partial charge < -0.3 is 25.3 Å². The Balaban J connectivity index is 1.38. The molecular formula is C27H29FN8O3. The van der Waals surface area contributed by atoms with E-state index in [1.54, 1.807) is 17.0 Å². The van der Waals surface area contributed by atoms with E-state index in [0.717, 1.165) is 11.2 Å². The van der Waals surface area contributed by atoms with Gasteiger partial charge in [-0.2, -0.15) is 0 Å². The second-order valence-corrected chi connectivity index (χ2v) is 9.52. The van der Waals surface area contributed by atoms with Crippen LogP contribution in [0.2, 0.25) is 0 Å². The Bertz CT molecular complexity index is 1540. The molecular weight excluding hydrogens is 503 g/mol. The summed E-state index contributed by atoms with van der Waals surface area (Å²) < 4.78 is 16.6. The Labute approximate surface area is 223 Å². The van der Waals surface area contributed by atoms with Gasteiger partial charge in [-0.05, 0) is 18.4 Å². The summed E-state index contributed by atoms with van der Waals surface area (Å²) in [4.78, 5) is 39.2. The minimum atomic E-state index is -1.38. The Kier molecular flexibility index (Phi) is 6.89. The highest BCUT2D eigenvalue weighted by Gasteiger charge is 2.45. The van der Waals surface area contributed by atoms with E-state index in [0.29, 0.717) is 24.2 Å². The summed E-state index contributed by atoms with van der Waals surface area (Å²) in [6.45, 7) is 0.481. The first kappa shape index (κ1) is 26.1. The van der Waals surface area contributed by atoms with E-state index in [9.17, 15) is 19.1 Å². The molecule has 0 bridgehead atoms. The van der Waals surface area contributed by atoms with Gasteiger partial charge in [-0.1, -0.05) is 30.3 Å². The van der Waals surface area contributed by atoms with Crippen molar-refractivity contribution in [3.63, 3.8) is 0 Å². The van der Waals surface area contributed by atoms with Crippen LogP contribution in [0.15, 0.2) is 67.5 Å². The standard InChI is InChI=1S/C27H29FN8O3/c1-34-14-10-31-26(34)27(39,17-5-3-2-4-6-17)18-7-11-35(12-8-18)25(38)23(37)19-15-32-22-21(19)20(28)16-33-24(22)36(30)13-9-29/h2-6,9-10,13-16,18,32,39H,7-8,11-12,29-30H2,1H3/b13-9-. The predicted molar refractivity (Wildman–Crippen MR) is 142 cm³/mol. The van der Waals surface area contributed by atoms with Crippen LogP contribution >= 0.6 is 0 Å². The van der Waals surface area contributed by atoms with Crippen LogP contribution in [0.5, 0.6) is 0 Å². The number of benzene rings is 1. The molecule has 1 aromatic carbocycles. The molecule has 1 saturated heterocycles. The number of halogens is 1. The van der Waals surface area contributed by atoms with E-state index in [1.807, 2.05) is 37.4 Å². The maximum Gasteiger partial charge on any atom is 0.295 e. The molecule has 0 aliphatic carbocycles. The summed E-state index contributed by atoms with van der Waals surface area (Å²) in [5.41, 5.74) is 4.75. The van der Waals surface area contributed by atoms with E-state index < -0.39 is 23.1 Å². The number of nitrogens with zero attached hydrogens (tertiary/aromatic N) is 5. The fourth-order valence-electron chi connectivity index (χ4n) is 5.36. The lowest BCUT2D eigenvalue weighted by Gasteiger charge is -2.41. The molecule has 3 aromatic heterocycles. The van der Waals surface area contributed by atoms with Crippen LogP contribution in [0.4, 0.5) is 10.2 Å². The minimum absolute atomic E-state index is 0.0812. The average molecular weight is 533 g/mol. The number of rotatable bonds is 7. The number of carbonyl (C=O) groups excluding carboxylic acids is 2. The molecule has 0 saturated carbocycles. The highest BCUT2D eigenvalue weighted by molar-refractivity contribution is 6.45. The lowest BCUT2D eigenvalue weighted by Crippen LogP contribution is -2.48. The molecule has 1 fully saturated rings. The quantitative estimate of drug-likeness (QED) is 0.122. The van der Waals surface area contributed by atoms with E-state index >= 15 is 0 Å². The second kappa shape index (κ2) is 10.3. The van der Waals surface area contributed by atoms with E-state index in [1.165, 1.54) is 23.5 Å². The van der Waals surface area contributed by atoms with Crippen molar-refractivity contribution in [2.45, 2.75) is 18.4 Å². The molecule has 1 aliphatic rings. The zero-order valence-corrected chi connectivity index (χ0v) is 21.3. The largest absolute Gasteiger partial charge is 0.403 e. The molecule has 11 nitrogen and oxygen atoms in total. The molecule has 4 heterocycles. The molecule has 5 rings (SSSR count). The van der Waals surface area contributed by atoms with E-state index in [2.05, 4.69) is 15.0 Å². The van der Waals surface area contributed by atoms with Crippen LogP contribution in [0.25, 0.3) is 10.9 Å². The summed E-state index contributed by atoms with van der Waals surface area (Å²) in [5.74, 6) is 3.91. The first-order valence-corrected chi connectivity index (χ1v) is 12.4. The number of nitrogens with one attached hydrogen (secondary N) is 1. The number of hydrogen-bond donors (Lipinski definition) is 4. The molecule has 0 radical (unpaired) electrons. The summed E-state index contributed by atoms with van der Waals surface area (Å²) >= 11 is 0. The third-order valence-electron chi connectivity index (χ3n) is 7.32. The molecule has 12 heteroatoms. The van der Waals surface area contributed by atoms with Gasteiger partial charge in [0.25, 0.3) is 11.7 Å². The number of Topliss-reactive ketones (excluding diaryl/α,β-unsaturated/α-hetero) is 1. The van der Waals surface area contributed by atoms with Crippen LogP contribution in [0.1, 0.15) is 34.6 Å². The number of aryl methyl sites for hydroxylation is 1. The van der Waals surface area contributed by atoms with Crippen LogP contribution < -0.4 is 16.6 Å². The van der Waals surface area contributed by atoms with Crippen molar-refractivity contribution in [1.82, 2.24) is 24.4 Å². The Morgan fingerprint density at radius 1 is 1.23 bits per heavy atom. The molecule has 1 aliphatic heterocycles. The van der Waals surface area contributed by atoms with Crippen molar-refractivity contribution < 1.29 is 19.1 Å². The number of fused-ring (bicyclic) bond motifs is 1. The number of aromatic nitrogens is 4. The van der Waals surface area contributed by atoms with Gasteiger partial charge in [0.1, 0.15) is 5.82 Å². The molecule has 1 atom stereocenters. The van der Waals surface area contributed by atoms with Gasteiger partial charge in [-0.3, -0.25) is 14.6 Å². The molecule has 1 unspecified atom stereocenters. The number of nitrogens with two attached hydrogens (primary N) is 2. The van der Waals surface area contributed by atoms with Gasteiger partial charge >= 0.3 is 0 Å². The SMILES string of the molecule is Cn1ccnc1C(O)(c1ccccc1)C1CCN(C(=O)C(=O)c2c[nH]c3c(N(N)/C=C\N)ncc(F)c23)CC1. The number of H-pyrrole nitrogens is 1. The number of anilines is 1. The van der Waals surface area contributed by atoms with Crippen LogP contribution in [0, 0.1) is 11.7 Å². The number of pyridine rings is 1. The Morgan fingerprint density at radius 2 is 1.95 bits per heavy atom. The molecule has 202 valence electrons. The van der Waals surface area contributed by atoms with Gasteiger partial charge in [0.15, 0.2) is 17.2 Å². The smallest absolute Gasteiger partial charge is 0.295 e. The molecule has 1 amide bonds. The zero-order valence-electron chi connectivity index (χ0n) is 21.3. The van der Waals surface area contributed by atoms with Crippen LogP contribution in [0.3, 0.4) is 0 Å². The normalized spacial score (nSPS) is 16.1. The van der Waals surface area contributed by atoms with Gasteiger partial charge in [0.05, 0.1) is 22.7 Å². The predicted octanol–water partition coefficient (Wildman–Crippen LogP) is 1.90. The fraction of sp³-hybridized carbons (Fsp3) is 0.259. The fourth-order valence-corrected chi connectivity index (χ4v) is 5.36. The third-order valence-corrected chi connectivity index (χ3v) is 7.32. The summed E-state index contributed by atoms with van der Waals surface area (Å²) in [6.07, 6.45) is 8.99. The van der Waals surface area contributed by atoms with Crippen molar-refractivity contribution >= 4 is 28.4 Å². The Hall–Kier alpha value is -4.55. The molecule has 4 aromatic rings. The van der Waals surface area contributed by atoms with Crippen molar-refractivity contribution in [3.05, 3.63) is 90.3 Å². The topological polar surface area (TPSA) is 159 Å². The van der Waals surface area contributed by atoms with Crippen molar-refractivity contribution in [2.24, 2.45) is 24.5 Å². The minimum Gasteiger partial charge on any atom is -0.403 e. The number of imidazole rings is 1. The molecule has 0 spiro atoms. The van der Waals surface area contributed by atoms with Gasteiger partial charge in [-0.15, -0.1) is 0 Å². The van der Waals surface area contributed by atoms with E-state index in [4.69, 9.17) is 11.6 Å². The lowest BCUT2D eigenvalue weighted by atomic mass is 9.75. The Morgan fingerprint density at radius 3 is 2.59 bits per heavy atom. The second-order valence-electron chi connectivity index (χ2n) is 9.52. The van der Waals surface area contributed by atoms with Crippen molar-refractivity contribution in [1.29, 1.82) is 0 Å². The number of piperidine rings is 1. The van der Waals surface area contributed by atoms with Crippen LogP contribution in [-0.4, -0.2) is 54.3 Å². The zero-order chi connectivity index (χ0) is 27.7. The summed E-state index contributed by atoms with van der Waals surface area (Å²) in [6, 6.07) is 9.31. The van der Waals surface area contributed by atoms with Gasteiger partial charge in [0.2, 0.25) is 0 Å². The number of hydrogen-bond acceptors (Lipinski definition) is 8. The van der Waals surface area contributed by atoms with E-state index in [-0.39, 0.29) is 41.3 Å². The number of aliphatic hydroxyl groups is 1. The summed E-state index contributed by atoms with van der Waals surface area (Å²) in [5, 5.41) is 13.1. The molecule has 6 N–H and O–H groups in total. The highest BCUT2D eigenvalue weighted by Crippen LogP contribution is 2.41.